The second kappa shape index (κ2) is 17.1. The van der Waals surface area contributed by atoms with Gasteiger partial charge in [0.15, 0.2) is 0 Å². The monoisotopic (exact) mass is 474 g/mol. The van der Waals surface area contributed by atoms with Gasteiger partial charge in [0, 0.05) is 6.54 Å². The van der Waals surface area contributed by atoms with E-state index in [1.807, 2.05) is 30.3 Å². The molecule has 1 nitrogen and oxygen atoms in total. The van der Waals surface area contributed by atoms with Gasteiger partial charge >= 0.3 is 16.8 Å². The first-order valence-corrected chi connectivity index (χ1v) is 12.4. The van der Waals surface area contributed by atoms with E-state index in [2.05, 4.69) is 56.4 Å². The smallest absolute Gasteiger partial charge is 0.530 e. The van der Waals surface area contributed by atoms with Crippen molar-refractivity contribution >= 4 is 42.4 Å². The molecule has 0 N–H and O–H groups in total. The van der Waals surface area contributed by atoms with Crippen LogP contribution in [0.25, 0.3) is 0 Å². The van der Waals surface area contributed by atoms with Crippen LogP contribution in [0.2, 0.25) is 0 Å². The zero-order chi connectivity index (χ0) is 19.9. The maximum Gasteiger partial charge on any atom is 3.00 e. The van der Waals surface area contributed by atoms with Crippen molar-refractivity contribution in [3.05, 3.63) is 79.0 Å². The molecule has 0 saturated heterocycles. The fourth-order valence-corrected chi connectivity index (χ4v) is 3.59. The molecular weight excluding hydrogens is 444 g/mol. The van der Waals surface area contributed by atoms with Crippen LogP contribution in [0.4, 0.5) is 0 Å². The Morgan fingerprint density at radius 2 is 1.39 bits per heavy atom. The van der Waals surface area contributed by atoms with Gasteiger partial charge in [-0.2, -0.15) is 12.8 Å². The molecule has 152 valence electrons. The van der Waals surface area contributed by atoms with E-state index in [9.17, 15) is 0 Å². The minimum Gasteiger partial charge on any atom is -0.530 e. The molecule has 0 atom stereocenters. The summed E-state index contributed by atoms with van der Waals surface area (Å²) < 4.78 is 0.374. The van der Waals surface area contributed by atoms with Crippen LogP contribution in [0.3, 0.4) is 0 Å². The molecule has 0 unspecified atom stereocenters. The van der Waals surface area contributed by atoms with E-state index >= 15 is 0 Å². The van der Waals surface area contributed by atoms with Crippen LogP contribution >= 0.6 is 20.1 Å². The summed E-state index contributed by atoms with van der Waals surface area (Å²) in [7, 11) is 0.104. The topological polar surface area (TPSA) is 3.24 Å². The third-order valence-corrected chi connectivity index (χ3v) is 5.89. The molecule has 1 fully saturated rings. The Hall–Kier alpha value is -0.774. The summed E-state index contributed by atoms with van der Waals surface area (Å²) in [5.41, 5.74) is 1.14. The number of thiocarbonyl (C=S) groups is 1. The van der Waals surface area contributed by atoms with Crippen molar-refractivity contribution in [2.24, 2.45) is 0 Å². The maximum absolute atomic E-state index is 4.85. The Bertz CT molecular complexity index is 639. The van der Waals surface area contributed by atoms with E-state index in [1.165, 1.54) is 37.4 Å². The Balaban J connectivity index is 0.000000421. The fourth-order valence-electron chi connectivity index (χ4n) is 2.56. The van der Waals surface area contributed by atoms with Gasteiger partial charge in [-0.1, -0.05) is 101 Å². The van der Waals surface area contributed by atoms with Crippen LogP contribution in [0.1, 0.15) is 37.7 Å². The SMILES string of the molecule is C1CCCC1.C=[C-]N(Cc1ccccc1)C(=S)[S-].CP(C)c1ccccc1.[Co+3]. The molecule has 28 heavy (non-hydrogen) atoms. The minimum atomic E-state index is 0. The molecule has 0 spiro atoms. The van der Waals surface area contributed by atoms with Gasteiger partial charge in [0.1, 0.15) is 0 Å². The van der Waals surface area contributed by atoms with Crippen LogP contribution in [0.15, 0.2) is 67.2 Å². The van der Waals surface area contributed by atoms with Gasteiger partial charge in [-0.25, -0.2) is 4.32 Å². The quantitative estimate of drug-likeness (QED) is 0.169. The predicted octanol–water partition coefficient (Wildman–Crippen LogP) is 6.27. The van der Waals surface area contributed by atoms with Crippen molar-refractivity contribution in [2.45, 2.75) is 38.6 Å². The van der Waals surface area contributed by atoms with Crippen molar-refractivity contribution in [3.63, 3.8) is 0 Å². The summed E-state index contributed by atoms with van der Waals surface area (Å²) in [4.78, 5) is 1.64. The van der Waals surface area contributed by atoms with Gasteiger partial charge in [-0.3, -0.25) is 0 Å². The van der Waals surface area contributed by atoms with Gasteiger partial charge in [0.25, 0.3) is 0 Å². The van der Waals surface area contributed by atoms with E-state index in [1.54, 1.807) is 4.90 Å². The minimum absolute atomic E-state index is 0. The summed E-state index contributed by atoms with van der Waals surface area (Å²) >= 11 is 9.71. The van der Waals surface area contributed by atoms with Crippen molar-refractivity contribution in [2.75, 3.05) is 13.3 Å². The Labute approximate surface area is 194 Å². The van der Waals surface area contributed by atoms with E-state index in [0.29, 0.717) is 10.9 Å². The largest absolute Gasteiger partial charge is 3.00 e. The number of rotatable bonds is 4. The summed E-state index contributed by atoms with van der Waals surface area (Å²) in [6, 6.07) is 20.6. The zero-order valence-corrected chi connectivity index (χ0v) is 20.3. The molecule has 2 aromatic carbocycles. The summed E-state index contributed by atoms with van der Waals surface area (Å²) in [6.07, 6.45) is 10.2. The van der Waals surface area contributed by atoms with Crippen molar-refractivity contribution in [1.82, 2.24) is 4.90 Å². The third kappa shape index (κ3) is 12.6. The van der Waals surface area contributed by atoms with Crippen LogP contribution < -0.4 is 5.30 Å². The molecule has 2 aromatic rings. The maximum atomic E-state index is 4.85. The van der Waals surface area contributed by atoms with E-state index in [-0.39, 0.29) is 24.7 Å². The summed E-state index contributed by atoms with van der Waals surface area (Å²) in [5, 5.41) is 1.48. The van der Waals surface area contributed by atoms with Gasteiger partial charge < -0.3 is 29.7 Å². The molecule has 0 aromatic heterocycles. The molecule has 0 radical (unpaired) electrons. The first-order chi connectivity index (χ1) is 13.0. The van der Waals surface area contributed by atoms with Crippen molar-refractivity contribution in [1.29, 1.82) is 0 Å². The van der Waals surface area contributed by atoms with Gasteiger partial charge in [-0.15, -0.1) is 0 Å². The molecule has 0 heterocycles. The van der Waals surface area contributed by atoms with E-state index in [4.69, 9.17) is 24.8 Å². The normalized spacial score (nSPS) is 11.8. The Morgan fingerprint density at radius 3 is 1.71 bits per heavy atom. The number of hydrogen-bond donors (Lipinski definition) is 0. The van der Waals surface area contributed by atoms with Crippen LogP contribution in [-0.2, 0) is 36.0 Å². The second-order valence-electron chi connectivity index (χ2n) is 6.49. The first-order valence-electron chi connectivity index (χ1n) is 9.32. The van der Waals surface area contributed by atoms with E-state index in [0.717, 1.165) is 5.56 Å². The zero-order valence-electron chi connectivity index (χ0n) is 16.8. The molecule has 0 bridgehead atoms. The number of benzene rings is 2. The molecule has 0 aliphatic heterocycles. The fraction of sp³-hybridized carbons (Fsp3) is 0.348. The number of nitrogens with zero attached hydrogens (tertiary/aromatic N) is 1. The Kier molecular flexibility index (Phi) is 16.6. The van der Waals surface area contributed by atoms with Crippen molar-refractivity contribution in [3.8, 4) is 0 Å². The molecular formula is C23H30CoNPS2+. The average molecular weight is 475 g/mol. The summed E-state index contributed by atoms with van der Waals surface area (Å²) in [5.74, 6) is 0. The van der Waals surface area contributed by atoms with Crippen LogP contribution in [0.5, 0.6) is 0 Å². The molecule has 1 aliphatic rings. The summed E-state index contributed by atoms with van der Waals surface area (Å²) in [6.45, 7) is 8.71. The molecule has 0 amide bonds. The van der Waals surface area contributed by atoms with Gasteiger partial charge in [0.05, 0.1) is 0 Å². The Morgan fingerprint density at radius 1 is 0.964 bits per heavy atom. The van der Waals surface area contributed by atoms with Crippen molar-refractivity contribution < 1.29 is 16.8 Å². The molecule has 3 rings (SSSR count). The average Bonchev–Trinajstić information content (AvgIpc) is 3.28. The van der Waals surface area contributed by atoms with Crippen LogP contribution in [-0.4, -0.2) is 22.6 Å². The standard InChI is InChI=1S/C10H10NS2.C8H11P.C5H10.Co/c1-2-11(10(12)13)8-9-6-4-3-5-7-9;1-9(2)8-6-4-3-5-7-8;1-2-4-5-3-1;/h3-7H,1,8H2,(H,12,13);3-7H,1-2H3;1-5H2;/q-1;;;+3/p-1. The first kappa shape index (κ1) is 27.2. The molecule has 1 saturated carbocycles. The van der Waals surface area contributed by atoms with Gasteiger partial charge in [0.2, 0.25) is 0 Å². The van der Waals surface area contributed by atoms with Gasteiger partial charge in [-0.05, 0) is 24.2 Å². The predicted molar refractivity (Wildman–Crippen MR) is 129 cm³/mol. The molecule has 1 aliphatic carbocycles. The van der Waals surface area contributed by atoms with Crippen LogP contribution in [0, 0.1) is 6.20 Å². The third-order valence-electron chi connectivity index (χ3n) is 4.12. The van der Waals surface area contributed by atoms with E-state index < -0.39 is 0 Å². The second-order valence-corrected chi connectivity index (χ2v) is 9.83. The number of hydrogen-bond acceptors (Lipinski definition) is 2. The molecule has 5 heteroatoms.